The number of aromatic nitrogens is 1. The average molecular weight is 391 g/mol. The number of nitriles is 1. The molecule has 0 fully saturated rings. The van der Waals surface area contributed by atoms with Crippen molar-refractivity contribution >= 4 is 16.9 Å². The molecule has 0 saturated heterocycles. The molecule has 0 bridgehead atoms. The van der Waals surface area contributed by atoms with Gasteiger partial charge in [0.05, 0.1) is 29.2 Å². The fraction of sp³-hybridized carbons (Fsp3) is 0.333. The van der Waals surface area contributed by atoms with Crippen LogP contribution in [0.25, 0.3) is 16.0 Å². The summed E-state index contributed by atoms with van der Waals surface area (Å²) in [5.74, 6) is 0.626. The van der Waals surface area contributed by atoms with Gasteiger partial charge >= 0.3 is 0 Å². The molecule has 28 heavy (non-hydrogen) atoms. The second-order valence-corrected chi connectivity index (χ2v) is 8.37. The van der Waals surface area contributed by atoms with E-state index in [-0.39, 0.29) is 6.10 Å². The predicted octanol–water partition coefficient (Wildman–Crippen LogP) is 6.30. The van der Waals surface area contributed by atoms with Gasteiger partial charge in [-0.15, -0.1) is 11.3 Å². The first kappa shape index (κ1) is 20.3. The highest BCUT2D eigenvalue weighted by atomic mass is 32.1. The van der Waals surface area contributed by atoms with Gasteiger partial charge in [-0.25, -0.2) is 4.98 Å². The van der Waals surface area contributed by atoms with Crippen molar-refractivity contribution in [2.75, 3.05) is 6.61 Å². The molecule has 0 spiro atoms. The van der Waals surface area contributed by atoms with E-state index in [1.54, 1.807) is 17.4 Å². The monoisotopic (exact) mass is 390 g/mol. The lowest BCUT2D eigenvalue weighted by molar-refractivity contribution is 0.0992. The van der Waals surface area contributed by atoms with Crippen molar-refractivity contribution < 1.29 is 4.74 Å². The van der Waals surface area contributed by atoms with Crippen LogP contribution in [-0.4, -0.2) is 17.7 Å². The van der Waals surface area contributed by atoms with Crippen LogP contribution in [0.5, 0.6) is 0 Å². The summed E-state index contributed by atoms with van der Waals surface area (Å²) < 4.78 is 5.58. The van der Waals surface area contributed by atoms with Gasteiger partial charge in [0.2, 0.25) is 0 Å². The molecule has 1 atom stereocenters. The summed E-state index contributed by atoms with van der Waals surface area (Å²) in [6.45, 7) is 10.3. The smallest absolute Gasteiger partial charge is 0.123 e. The summed E-state index contributed by atoms with van der Waals surface area (Å²) in [7, 11) is 0. The summed E-state index contributed by atoms with van der Waals surface area (Å²) in [6, 6.07) is 8.82. The predicted molar refractivity (Wildman–Crippen MR) is 117 cm³/mol. The van der Waals surface area contributed by atoms with Gasteiger partial charge in [0, 0.05) is 11.8 Å². The molecule has 0 aliphatic heterocycles. The van der Waals surface area contributed by atoms with Crippen molar-refractivity contribution in [1.82, 2.24) is 4.98 Å². The third kappa shape index (κ3) is 4.49. The van der Waals surface area contributed by atoms with E-state index >= 15 is 0 Å². The molecule has 1 heterocycles. The number of hydrogen-bond donors (Lipinski definition) is 0. The molecule has 1 aliphatic carbocycles. The van der Waals surface area contributed by atoms with Gasteiger partial charge in [0.15, 0.2) is 0 Å². The second-order valence-electron chi connectivity index (χ2n) is 7.34. The van der Waals surface area contributed by atoms with E-state index in [9.17, 15) is 5.26 Å². The van der Waals surface area contributed by atoms with Gasteiger partial charge in [0.1, 0.15) is 5.01 Å². The number of thiazole rings is 1. The van der Waals surface area contributed by atoms with Crippen LogP contribution in [0.2, 0.25) is 0 Å². The summed E-state index contributed by atoms with van der Waals surface area (Å²) >= 11 is 1.66. The SMILES string of the molecule is C=C/C=C(\C=C(\C#N)COC(C)C)c1ncc(-c2cccc3c2CCC3C)s1. The van der Waals surface area contributed by atoms with Gasteiger partial charge in [-0.2, -0.15) is 5.26 Å². The first-order chi connectivity index (χ1) is 13.5. The molecule has 0 radical (unpaired) electrons. The van der Waals surface area contributed by atoms with Crippen molar-refractivity contribution in [2.24, 2.45) is 0 Å². The van der Waals surface area contributed by atoms with Gasteiger partial charge in [-0.1, -0.05) is 43.9 Å². The molecule has 4 heteroatoms. The maximum absolute atomic E-state index is 9.45. The largest absolute Gasteiger partial charge is 0.373 e. The minimum atomic E-state index is 0.0811. The van der Waals surface area contributed by atoms with E-state index in [1.807, 2.05) is 32.2 Å². The molecule has 3 rings (SSSR count). The van der Waals surface area contributed by atoms with Crippen LogP contribution < -0.4 is 0 Å². The molecule has 0 saturated carbocycles. The zero-order valence-electron chi connectivity index (χ0n) is 16.7. The lowest BCUT2D eigenvalue weighted by Gasteiger charge is -2.08. The molecule has 1 aliphatic rings. The third-order valence-electron chi connectivity index (χ3n) is 4.93. The number of rotatable bonds is 7. The fourth-order valence-corrected chi connectivity index (χ4v) is 4.45. The van der Waals surface area contributed by atoms with Gasteiger partial charge < -0.3 is 4.74 Å². The quantitative estimate of drug-likeness (QED) is 0.411. The third-order valence-corrected chi connectivity index (χ3v) is 6.01. The number of benzene rings is 1. The Hall–Kier alpha value is -2.48. The number of nitrogens with zero attached hydrogens (tertiary/aromatic N) is 2. The van der Waals surface area contributed by atoms with Crippen LogP contribution in [-0.2, 0) is 11.2 Å². The molecule has 0 amide bonds. The Labute approximate surface area is 171 Å². The standard InChI is InChI=1S/C24H26N2OS/c1-5-7-19(12-18(13-25)15-27-16(2)3)24-26-14-23(28-24)22-9-6-8-20-17(4)10-11-21(20)22/h5-9,12,14,16-17H,1,10-11,15H2,2-4H3/b18-12-,19-7+. The minimum absolute atomic E-state index is 0.0811. The van der Waals surface area contributed by atoms with Crippen LogP contribution in [0.4, 0.5) is 0 Å². The maximum Gasteiger partial charge on any atom is 0.123 e. The number of fused-ring (bicyclic) bond motifs is 1. The normalized spacial score (nSPS) is 16.9. The highest BCUT2D eigenvalue weighted by Crippen LogP contribution is 2.40. The summed E-state index contributed by atoms with van der Waals surface area (Å²) in [4.78, 5) is 5.81. The van der Waals surface area contributed by atoms with Gasteiger partial charge in [-0.05, 0) is 55.4 Å². The van der Waals surface area contributed by atoms with E-state index in [0.29, 0.717) is 18.1 Å². The molecule has 0 N–H and O–H groups in total. The summed E-state index contributed by atoms with van der Waals surface area (Å²) in [5.41, 5.74) is 5.67. The highest BCUT2D eigenvalue weighted by Gasteiger charge is 2.22. The summed E-state index contributed by atoms with van der Waals surface area (Å²) in [5, 5.41) is 10.3. The van der Waals surface area contributed by atoms with Crippen LogP contribution in [0.1, 0.15) is 49.2 Å². The molecule has 144 valence electrons. The lowest BCUT2D eigenvalue weighted by atomic mass is 9.99. The summed E-state index contributed by atoms with van der Waals surface area (Å²) in [6.07, 6.45) is 9.84. The van der Waals surface area contributed by atoms with Crippen molar-refractivity contribution in [3.63, 3.8) is 0 Å². The van der Waals surface area contributed by atoms with Crippen molar-refractivity contribution in [3.05, 3.63) is 70.9 Å². The van der Waals surface area contributed by atoms with Crippen molar-refractivity contribution in [3.8, 4) is 16.5 Å². The average Bonchev–Trinajstić information content (AvgIpc) is 3.31. The zero-order chi connectivity index (χ0) is 20.1. The van der Waals surface area contributed by atoms with Gasteiger partial charge in [-0.3, -0.25) is 0 Å². The van der Waals surface area contributed by atoms with Crippen LogP contribution in [0.3, 0.4) is 0 Å². The molecular formula is C24H26N2OS. The number of hydrogen-bond acceptors (Lipinski definition) is 4. The van der Waals surface area contributed by atoms with Crippen LogP contribution in [0, 0.1) is 11.3 Å². The maximum atomic E-state index is 9.45. The number of ether oxygens (including phenoxy) is 1. The molecule has 2 aromatic rings. The fourth-order valence-electron chi connectivity index (χ4n) is 3.48. The van der Waals surface area contributed by atoms with Crippen LogP contribution in [0.15, 0.2) is 54.8 Å². The highest BCUT2D eigenvalue weighted by molar-refractivity contribution is 7.16. The molecule has 1 unspecified atom stereocenters. The lowest BCUT2D eigenvalue weighted by Crippen LogP contribution is -2.05. The van der Waals surface area contributed by atoms with Crippen molar-refractivity contribution in [1.29, 1.82) is 5.26 Å². The Morgan fingerprint density at radius 1 is 1.46 bits per heavy atom. The number of allylic oxidation sites excluding steroid dienone is 4. The van der Waals surface area contributed by atoms with E-state index < -0.39 is 0 Å². The minimum Gasteiger partial charge on any atom is -0.373 e. The molecular weight excluding hydrogens is 364 g/mol. The second kappa shape index (κ2) is 9.14. The Balaban J connectivity index is 1.92. The zero-order valence-corrected chi connectivity index (χ0v) is 17.6. The first-order valence-electron chi connectivity index (χ1n) is 9.66. The topological polar surface area (TPSA) is 45.9 Å². The van der Waals surface area contributed by atoms with E-state index in [4.69, 9.17) is 4.74 Å². The molecule has 1 aromatic carbocycles. The van der Waals surface area contributed by atoms with Crippen LogP contribution >= 0.6 is 11.3 Å². The Morgan fingerprint density at radius 2 is 2.29 bits per heavy atom. The first-order valence-corrected chi connectivity index (χ1v) is 10.5. The Kier molecular flexibility index (Phi) is 6.61. The Bertz CT molecular complexity index is 959. The van der Waals surface area contributed by atoms with E-state index in [0.717, 1.165) is 17.0 Å². The molecule has 3 nitrogen and oxygen atoms in total. The van der Waals surface area contributed by atoms with Crippen molar-refractivity contribution in [2.45, 2.75) is 45.6 Å². The van der Waals surface area contributed by atoms with E-state index in [1.165, 1.54) is 28.0 Å². The Morgan fingerprint density at radius 3 is 3.00 bits per heavy atom. The van der Waals surface area contributed by atoms with Gasteiger partial charge in [0.25, 0.3) is 0 Å². The van der Waals surface area contributed by atoms with E-state index in [2.05, 4.69) is 42.8 Å². The molecule has 1 aromatic heterocycles.